The second-order valence-electron chi connectivity index (χ2n) is 8.73. The van der Waals surface area contributed by atoms with Crippen molar-refractivity contribution in [1.29, 1.82) is 0 Å². The van der Waals surface area contributed by atoms with E-state index in [4.69, 9.17) is 21.1 Å². The van der Waals surface area contributed by atoms with Crippen LogP contribution in [0.15, 0.2) is 35.9 Å². The molecule has 1 aliphatic heterocycles. The standard InChI is InChI=1S/C23H31ClN2O5S/c1-23(2,3)31-19(27)13-15-14-26(12-11-18(15)32-22(29)25(4)5)20(21(28)30-6)16-9-7-8-10-17(16)24/h7-10,13,18,20H,11-12,14H2,1-6H3/b15-13-/t18?,20-/m0/s1. The Balaban J connectivity index is 2.38. The Morgan fingerprint density at radius 2 is 1.91 bits per heavy atom. The Kier molecular flexibility index (Phi) is 9.18. The summed E-state index contributed by atoms with van der Waals surface area (Å²) in [5.41, 5.74) is 0.705. The van der Waals surface area contributed by atoms with E-state index in [-0.39, 0.29) is 10.5 Å². The lowest BCUT2D eigenvalue weighted by atomic mass is 9.98. The van der Waals surface area contributed by atoms with Crippen molar-refractivity contribution in [1.82, 2.24) is 9.80 Å². The highest BCUT2D eigenvalue weighted by Gasteiger charge is 2.36. The van der Waals surface area contributed by atoms with E-state index in [1.807, 2.05) is 11.0 Å². The van der Waals surface area contributed by atoms with E-state index in [0.29, 0.717) is 35.7 Å². The van der Waals surface area contributed by atoms with Crippen molar-refractivity contribution < 1.29 is 23.9 Å². The van der Waals surface area contributed by atoms with Gasteiger partial charge in [-0.2, -0.15) is 0 Å². The van der Waals surface area contributed by atoms with Crippen LogP contribution in [0.3, 0.4) is 0 Å². The summed E-state index contributed by atoms with van der Waals surface area (Å²) in [6, 6.07) is 6.39. The molecule has 1 saturated heterocycles. The summed E-state index contributed by atoms with van der Waals surface area (Å²) in [7, 11) is 4.71. The molecule has 32 heavy (non-hydrogen) atoms. The van der Waals surface area contributed by atoms with Gasteiger partial charge in [-0.1, -0.05) is 41.6 Å². The second-order valence-corrected chi connectivity index (χ2v) is 10.3. The van der Waals surface area contributed by atoms with Gasteiger partial charge in [0.1, 0.15) is 11.6 Å². The molecule has 0 radical (unpaired) electrons. The van der Waals surface area contributed by atoms with Gasteiger partial charge < -0.3 is 14.4 Å². The number of amides is 1. The maximum Gasteiger partial charge on any atom is 0.331 e. The molecule has 1 fully saturated rings. The zero-order chi connectivity index (χ0) is 24.1. The molecule has 1 amide bonds. The third-order valence-electron chi connectivity index (χ3n) is 4.79. The fraction of sp³-hybridized carbons (Fsp3) is 0.522. The number of piperidine rings is 1. The van der Waals surface area contributed by atoms with E-state index in [1.54, 1.807) is 53.1 Å². The molecule has 1 heterocycles. The van der Waals surface area contributed by atoms with Crippen LogP contribution in [0.25, 0.3) is 0 Å². The van der Waals surface area contributed by atoms with E-state index in [0.717, 1.165) is 0 Å². The number of hydrogen-bond acceptors (Lipinski definition) is 7. The minimum Gasteiger partial charge on any atom is -0.468 e. The van der Waals surface area contributed by atoms with Gasteiger partial charge in [0.05, 0.1) is 7.11 Å². The predicted octanol–water partition coefficient (Wildman–Crippen LogP) is 4.31. The Hall–Kier alpha value is -2.03. The van der Waals surface area contributed by atoms with Gasteiger partial charge in [-0.15, -0.1) is 0 Å². The van der Waals surface area contributed by atoms with Gasteiger partial charge >= 0.3 is 11.9 Å². The van der Waals surface area contributed by atoms with Gasteiger partial charge in [-0.25, -0.2) is 9.59 Å². The van der Waals surface area contributed by atoms with Gasteiger partial charge in [-0.05, 0) is 44.4 Å². The molecule has 176 valence electrons. The molecule has 0 aromatic heterocycles. The lowest BCUT2D eigenvalue weighted by Crippen LogP contribution is -2.43. The number of carbonyl (C=O) groups excluding carboxylic acids is 3. The largest absolute Gasteiger partial charge is 0.468 e. The van der Waals surface area contributed by atoms with Crippen LogP contribution < -0.4 is 0 Å². The van der Waals surface area contributed by atoms with Crippen LogP contribution in [0.5, 0.6) is 0 Å². The zero-order valence-electron chi connectivity index (χ0n) is 19.4. The van der Waals surface area contributed by atoms with Crippen LogP contribution in [0.4, 0.5) is 4.79 Å². The van der Waals surface area contributed by atoms with Crippen molar-refractivity contribution in [3.8, 4) is 0 Å². The molecule has 1 aliphatic rings. The monoisotopic (exact) mass is 482 g/mol. The molecule has 0 N–H and O–H groups in total. The number of ether oxygens (including phenoxy) is 2. The van der Waals surface area contributed by atoms with Gasteiger partial charge in [0.2, 0.25) is 0 Å². The second kappa shape index (κ2) is 11.2. The number of rotatable bonds is 5. The molecule has 1 aromatic carbocycles. The van der Waals surface area contributed by atoms with Crippen LogP contribution in [-0.2, 0) is 19.1 Å². The molecule has 2 rings (SSSR count). The number of halogens is 1. The van der Waals surface area contributed by atoms with E-state index in [1.165, 1.54) is 29.8 Å². The van der Waals surface area contributed by atoms with Crippen molar-refractivity contribution in [2.75, 3.05) is 34.3 Å². The first-order valence-electron chi connectivity index (χ1n) is 10.3. The highest BCUT2D eigenvalue weighted by Crippen LogP contribution is 2.36. The maximum absolute atomic E-state index is 12.7. The number of likely N-dealkylation sites (tertiary alicyclic amines) is 1. The number of thioether (sulfide) groups is 1. The molecule has 7 nitrogen and oxygen atoms in total. The van der Waals surface area contributed by atoms with Gasteiger partial charge in [0.15, 0.2) is 0 Å². The Morgan fingerprint density at radius 3 is 2.47 bits per heavy atom. The van der Waals surface area contributed by atoms with Gasteiger partial charge in [-0.3, -0.25) is 9.69 Å². The minimum atomic E-state index is -0.730. The first-order chi connectivity index (χ1) is 14.9. The van der Waals surface area contributed by atoms with E-state index in [2.05, 4.69) is 0 Å². The lowest BCUT2D eigenvalue weighted by Gasteiger charge is -2.38. The first kappa shape index (κ1) is 26.2. The fourth-order valence-electron chi connectivity index (χ4n) is 3.37. The number of methoxy groups -OCH3 is 1. The molecule has 0 aliphatic carbocycles. The van der Waals surface area contributed by atoms with Gasteiger partial charge in [0, 0.05) is 43.5 Å². The van der Waals surface area contributed by atoms with Crippen molar-refractivity contribution in [2.24, 2.45) is 0 Å². The van der Waals surface area contributed by atoms with Crippen LogP contribution in [0, 0.1) is 0 Å². The summed E-state index contributed by atoms with van der Waals surface area (Å²) in [5.74, 6) is -0.921. The fourth-order valence-corrected chi connectivity index (χ4v) is 4.58. The molecular formula is C23H31ClN2O5S. The number of carbonyl (C=O) groups is 3. The van der Waals surface area contributed by atoms with E-state index >= 15 is 0 Å². The summed E-state index contributed by atoms with van der Waals surface area (Å²) in [4.78, 5) is 41.0. The van der Waals surface area contributed by atoms with Crippen molar-refractivity contribution >= 4 is 40.5 Å². The molecule has 2 atom stereocenters. The molecule has 1 unspecified atom stereocenters. The van der Waals surface area contributed by atoms with Crippen LogP contribution in [0.1, 0.15) is 38.8 Å². The summed E-state index contributed by atoms with van der Waals surface area (Å²) in [5, 5.41) is 0.146. The SMILES string of the molecule is COC(=O)[C@H](c1ccccc1Cl)N1CCC(SC(=O)N(C)C)/C(=C\C(=O)OC(C)(C)C)C1. The molecule has 9 heteroatoms. The number of hydrogen-bond donors (Lipinski definition) is 0. The third kappa shape index (κ3) is 7.25. The Morgan fingerprint density at radius 1 is 1.25 bits per heavy atom. The minimum absolute atomic E-state index is 0.103. The zero-order valence-corrected chi connectivity index (χ0v) is 21.0. The normalized spacial score (nSPS) is 19.3. The van der Waals surface area contributed by atoms with Crippen LogP contribution in [0.2, 0.25) is 5.02 Å². The summed E-state index contributed by atoms with van der Waals surface area (Å²) in [6.07, 6.45) is 2.01. The van der Waals surface area contributed by atoms with E-state index in [9.17, 15) is 14.4 Å². The van der Waals surface area contributed by atoms with Crippen molar-refractivity contribution in [3.63, 3.8) is 0 Å². The van der Waals surface area contributed by atoms with Crippen LogP contribution >= 0.6 is 23.4 Å². The van der Waals surface area contributed by atoms with Gasteiger partial charge in [0.25, 0.3) is 5.24 Å². The quantitative estimate of drug-likeness (QED) is 0.457. The number of benzene rings is 1. The molecule has 0 spiro atoms. The predicted molar refractivity (Wildman–Crippen MR) is 127 cm³/mol. The highest BCUT2D eigenvalue weighted by molar-refractivity contribution is 8.14. The molecule has 0 bridgehead atoms. The Labute approximate surface area is 199 Å². The summed E-state index contributed by atoms with van der Waals surface area (Å²) in [6.45, 7) is 6.20. The topological polar surface area (TPSA) is 76.2 Å². The van der Waals surface area contributed by atoms with Crippen LogP contribution in [-0.4, -0.2) is 72.1 Å². The number of nitrogens with zero attached hydrogens (tertiary/aromatic N) is 2. The first-order valence-corrected chi connectivity index (χ1v) is 11.6. The average molecular weight is 483 g/mol. The molecule has 1 aromatic rings. The van der Waals surface area contributed by atoms with Crippen molar-refractivity contribution in [2.45, 2.75) is 44.1 Å². The van der Waals surface area contributed by atoms with Crippen molar-refractivity contribution in [3.05, 3.63) is 46.5 Å². The number of esters is 2. The molecular weight excluding hydrogens is 452 g/mol. The Bertz CT molecular complexity index is 881. The lowest BCUT2D eigenvalue weighted by molar-refractivity contribution is -0.148. The highest BCUT2D eigenvalue weighted by atomic mass is 35.5. The molecule has 0 saturated carbocycles. The summed E-state index contributed by atoms with van der Waals surface area (Å²) >= 11 is 7.55. The average Bonchev–Trinajstić information content (AvgIpc) is 2.69. The summed E-state index contributed by atoms with van der Waals surface area (Å²) < 4.78 is 10.5. The third-order valence-corrected chi connectivity index (χ3v) is 6.52. The smallest absolute Gasteiger partial charge is 0.331 e. The van der Waals surface area contributed by atoms with E-state index < -0.39 is 23.6 Å². The maximum atomic E-state index is 12.7.